The molecule has 0 unspecified atom stereocenters. The summed E-state index contributed by atoms with van der Waals surface area (Å²) in [6.07, 6.45) is 1.99. The second-order valence-corrected chi connectivity index (χ2v) is 5.26. The van der Waals surface area contributed by atoms with Crippen molar-refractivity contribution < 1.29 is 9.90 Å². The van der Waals surface area contributed by atoms with E-state index in [0.717, 1.165) is 12.8 Å². The first-order valence-electron chi connectivity index (χ1n) is 5.96. The first kappa shape index (κ1) is 13.7. The van der Waals surface area contributed by atoms with Crippen LogP contribution < -0.4 is 0 Å². The van der Waals surface area contributed by atoms with Gasteiger partial charge in [0.1, 0.15) is 0 Å². The molecule has 0 saturated carbocycles. The zero-order valence-electron chi connectivity index (χ0n) is 9.90. The fourth-order valence-corrected chi connectivity index (χ4v) is 2.84. The lowest BCUT2D eigenvalue weighted by molar-refractivity contribution is -0.131. The minimum atomic E-state index is -0.0567. The second kappa shape index (κ2) is 5.91. The number of amides is 1. The summed E-state index contributed by atoms with van der Waals surface area (Å²) in [4.78, 5) is 13.9. The van der Waals surface area contributed by atoms with Gasteiger partial charge in [0.2, 0.25) is 5.91 Å². The molecule has 2 rings (SSSR count). The molecule has 3 nitrogen and oxygen atoms in total. The van der Waals surface area contributed by atoms with Crippen LogP contribution in [0.15, 0.2) is 18.2 Å². The molecule has 0 radical (unpaired) electrons. The van der Waals surface area contributed by atoms with Crippen molar-refractivity contribution in [2.24, 2.45) is 0 Å². The van der Waals surface area contributed by atoms with E-state index in [2.05, 4.69) is 0 Å². The summed E-state index contributed by atoms with van der Waals surface area (Å²) in [7, 11) is 0. The van der Waals surface area contributed by atoms with Crippen LogP contribution in [0.1, 0.15) is 18.4 Å². The minimum Gasteiger partial charge on any atom is -0.394 e. The van der Waals surface area contributed by atoms with Gasteiger partial charge in [-0.15, -0.1) is 0 Å². The van der Waals surface area contributed by atoms with E-state index in [-0.39, 0.29) is 25.0 Å². The van der Waals surface area contributed by atoms with E-state index in [4.69, 9.17) is 23.2 Å². The van der Waals surface area contributed by atoms with E-state index in [0.29, 0.717) is 22.2 Å². The number of hydrogen-bond donors (Lipinski definition) is 1. The molecule has 1 aliphatic heterocycles. The number of hydrogen-bond acceptors (Lipinski definition) is 2. The quantitative estimate of drug-likeness (QED) is 0.928. The van der Waals surface area contributed by atoms with Crippen LogP contribution in [0.2, 0.25) is 10.0 Å². The molecule has 18 heavy (non-hydrogen) atoms. The zero-order valence-corrected chi connectivity index (χ0v) is 11.4. The van der Waals surface area contributed by atoms with E-state index in [1.54, 1.807) is 23.1 Å². The average Bonchev–Trinajstić information content (AvgIpc) is 2.82. The van der Waals surface area contributed by atoms with Crippen molar-refractivity contribution in [3.05, 3.63) is 33.8 Å². The van der Waals surface area contributed by atoms with Gasteiger partial charge in [0.15, 0.2) is 0 Å². The predicted molar refractivity (Wildman–Crippen MR) is 72.0 cm³/mol. The molecular formula is C13H15Cl2NO2. The van der Waals surface area contributed by atoms with Crippen molar-refractivity contribution in [1.82, 2.24) is 4.90 Å². The van der Waals surface area contributed by atoms with Crippen molar-refractivity contribution in [2.75, 3.05) is 13.2 Å². The molecule has 0 bridgehead atoms. The van der Waals surface area contributed by atoms with Crippen molar-refractivity contribution >= 4 is 29.1 Å². The Morgan fingerprint density at radius 1 is 1.39 bits per heavy atom. The van der Waals surface area contributed by atoms with E-state index >= 15 is 0 Å². The molecule has 1 aliphatic rings. The maximum Gasteiger partial charge on any atom is 0.227 e. The summed E-state index contributed by atoms with van der Waals surface area (Å²) in [5.74, 6) is -0.0263. The maximum atomic E-state index is 12.2. The fraction of sp³-hybridized carbons (Fsp3) is 0.462. The molecule has 0 spiro atoms. The van der Waals surface area contributed by atoms with E-state index in [1.807, 2.05) is 0 Å². The highest BCUT2D eigenvalue weighted by atomic mass is 35.5. The molecule has 1 aromatic rings. The highest BCUT2D eigenvalue weighted by molar-refractivity contribution is 6.36. The standard InChI is InChI=1S/C13H15Cl2NO2/c14-11-4-1-5-12(15)10(11)7-13(18)16-6-2-3-9(16)8-17/h1,4-5,9,17H,2-3,6-8H2/t9-/m0/s1. The highest BCUT2D eigenvalue weighted by Gasteiger charge is 2.28. The third-order valence-electron chi connectivity index (χ3n) is 3.30. The van der Waals surface area contributed by atoms with Gasteiger partial charge in [-0.3, -0.25) is 4.79 Å². The number of halogens is 2. The van der Waals surface area contributed by atoms with Crippen LogP contribution in [0.3, 0.4) is 0 Å². The van der Waals surface area contributed by atoms with Gasteiger partial charge in [0.05, 0.1) is 19.1 Å². The molecule has 1 aromatic carbocycles. The number of benzene rings is 1. The summed E-state index contributed by atoms with van der Waals surface area (Å²) in [6, 6.07) is 5.15. The van der Waals surface area contributed by atoms with Gasteiger partial charge in [0.25, 0.3) is 0 Å². The number of carbonyl (C=O) groups is 1. The third kappa shape index (κ3) is 2.79. The number of carbonyl (C=O) groups excluding carboxylic acids is 1. The van der Waals surface area contributed by atoms with E-state index < -0.39 is 0 Å². The van der Waals surface area contributed by atoms with Crippen LogP contribution >= 0.6 is 23.2 Å². The number of rotatable bonds is 3. The van der Waals surface area contributed by atoms with Gasteiger partial charge in [-0.1, -0.05) is 29.3 Å². The Kier molecular flexibility index (Phi) is 4.49. The van der Waals surface area contributed by atoms with Crippen LogP contribution in [0.4, 0.5) is 0 Å². The Morgan fingerprint density at radius 2 is 2.06 bits per heavy atom. The maximum absolute atomic E-state index is 12.2. The SMILES string of the molecule is O=C(Cc1c(Cl)cccc1Cl)N1CCC[C@H]1CO. The number of aliphatic hydroxyl groups is 1. The normalized spacial score (nSPS) is 19.3. The number of nitrogens with zero attached hydrogens (tertiary/aromatic N) is 1. The van der Waals surface area contributed by atoms with Crippen molar-refractivity contribution in [3.8, 4) is 0 Å². The summed E-state index contributed by atoms with van der Waals surface area (Å²) in [6.45, 7) is 0.716. The molecular weight excluding hydrogens is 273 g/mol. The Hall–Kier alpha value is -0.770. The molecule has 1 amide bonds. The lowest BCUT2D eigenvalue weighted by Crippen LogP contribution is -2.38. The molecule has 1 atom stereocenters. The summed E-state index contributed by atoms with van der Waals surface area (Å²) in [5, 5.41) is 10.2. The van der Waals surface area contributed by atoms with Gasteiger partial charge in [-0.05, 0) is 30.5 Å². The average molecular weight is 288 g/mol. The first-order chi connectivity index (χ1) is 8.63. The smallest absolute Gasteiger partial charge is 0.227 e. The molecule has 98 valence electrons. The van der Waals surface area contributed by atoms with Crippen LogP contribution in [-0.4, -0.2) is 35.1 Å². The molecule has 1 saturated heterocycles. The van der Waals surface area contributed by atoms with Crippen molar-refractivity contribution in [3.63, 3.8) is 0 Å². The summed E-state index contributed by atoms with van der Waals surface area (Å²) < 4.78 is 0. The lowest BCUT2D eigenvalue weighted by atomic mass is 10.1. The Labute approximate surface area is 116 Å². The predicted octanol–water partition coefficient (Wildman–Crippen LogP) is 2.52. The van der Waals surface area contributed by atoms with Crippen LogP contribution in [0, 0.1) is 0 Å². The highest BCUT2D eigenvalue weighted by Crippen LogP contribution is 2.26. The van der Waals surface area contributed by atoms with E-state index in [9.17, 15) is 9.90 Å². The topological polar surface area (TPSA) is 40.5 Å². The van der Waals surface area contributed by atoms with Gasteiger partial charge in [-0.2, -0.15) is 0 Å². The summed E-state index contributed by atoms with van der Waals surface area (Å²) in [5.41, 5.74) is 0.662. The van der Waals surface area contributed by atoms with Gasteiger partial charge >= 0.3 is 0 Å². The minimum absolute atomic E-state index is 0.0159. The molecule has 1 heterocycles. The van der Waals surface area contributed by atoms with Crippen LogP contribution in [0.5, 0.6) is 0 Å². The Bertz CT molecular complexity index is 430. The first-order valence-corrected chi connectivity index (χ1v) is 6.72. The second-order valence-electron chi connectivity index (χ2n) is 4.44. The van der Waals surface area contributed by atoms with Gasteiger partial charge < -0.3 is 10.0 Å². The van der Waals surface area contributed by atoms with Gasteiger partial charge in [-0.25, -0.2) is 0 Å². The van der Waals surface area contributed by atoms with Crippen molar-refractivity contribution in [1.29, 1.82) is 0 Å². The van der Waals surface area contributed by atoms with E-state index in [1.165, 1.54) is 0 Å². The molecule has 1 N–H and O–H groups in total. The van der Waals surface area contributed by atoms with Crippen molar-refractivity contribution in [2.45, 2.75) is 25.3 Å². The monoisotopic (exact) mass is 287 g/mol. The number of aliphatic hydroxyl groups excluding tert-OH is 1. The Morgan fingerprint density at radius 3 is 2.67 bits per heavy atom. The summed E-state index contributed by atoms with van der Waals surface area (Å²) >= 11 is 12.1. The third-order valence-corrected chi connectivity index (χ3v) is 4.01. The molecule has 0 aromatic heterocycles. The number of likely N-dealkylation sites (tertiary alicyclic amines) is 1. The largest absolute Gasteiger partial charge is 0.394 e. The van der Waals surface area contributed by atoms with Crippen LogP contribution in [0.25, 0.3) is 0 Å². The molecule has 5 heteroatoms. The zero-order chi connectivity index (χ0) is 13.1. The van der Waals surface area contributed by atoms with Crippen LogP contribution in [-0.2, 0) is 11.2 Å². The lowest BCUT2D eigenvalue weighted by Gasteiger charge is -2.23. The molecule has 1 fully saturated rings. The molecule has 0 aliphatic carbocycles. The van der Waals surface area contributed by atoms with Gasteiger partial charge in [0, 0.05) is 16.6 Å². The Balaban J connectivity index is 2.12. The fourth-order valence-electron chi connectivity index (χ4n) is 2.31.